The van der Waals surface area contributed by atoms with Crippen molar-refractivity contribution in [3.63, 3.8) is 0 Å². The average Bonchev–Trinajstić information content (AvgIpc) is 3.28. The molecule has 0 N–H and O–H groups in total. The highest BCUT2D eigenvalue weighted by Crippen LogP contribution is 2.28. The molecule has 0 spiro atoms. The van der Waals surface area contributed by atoms with Gasteiger partial charge in [0.1, 0.15) is 18.3 Å². The lowest BCUT2D eigenvalue weighted by atomic mass is 9.94. The van der Waals surface area contributed by atoms with E-state index in [9.17, 15) is 19.2 Å². The fourth-order valence-electron chi connectivity index (χ4n) is 4.12. The van der Waals surface area contributed by atoms with E-state index in [2.05, 4.69) is 14.2 Å². The van der Waals surface area contributed by atoms with Crippen molar-refractivity contribution in [1.29, 1.82) is 0 Å². The number of cyclic esters (lactones) is 2. The van der Waals surface area contributed by atoms with E-state index in [4.69, 9.17) is 23.7 Å². The molecule has 4 fully saturated rings. The molecule has 0 amide bonds. The van der Waals surface area contributed by atoms with E-state index in [0.717, 1.165) is 57.8 Å². The molecule has 4 atom stereocenters. The lowest BCUT2D eigenvalue weighted by Gasteiger charge is -2.29. The summed E-state index contributed by atoms with van der Waals surface area (Å²) >= 11 is 0. The first kappa shape index (κ1) is 33.4. The zero-order valence-corrected chi connectivity index (χ0v) is 23.1. The maximum Gasteiger partial charge on any atom is 0.509 e. The fraction of sp³-hybridized carbons (Fsp3) is 0.846. The number of rotatable bonds is 6. The monoisotopic (exact) mass is 548 g/mol. The lowest BCUT2D eigenvalue weighted by molar-refractivity contribution is -0.156. The van der Waals surface area contributed by atoms with E-state index >= 15 is 0 Å². The molecule has 0 radical (unpaired) electrons. The van der Waals surface area contributed by atoms with Gasteiger partial charge in [-0.2, -0.15) is 0 Å². The first-order valence-electron chi connectivity index (χ1n) is 13.3. The van der Waals surface area contributed by atoms with Crippen LogP contribution in [0.2, 0.25) is 0 Å². The molecule has 38 heavy (non-hydrogen) atoms. The average molecular weight is 549 g/mol. The van der Waals surface area contributed by atoms with E-state index in [-0.39, 0.29) is 36.4 Å². The third-order valence-electron chi connectivity index (χ3n) is 5.93. The van der Waals surface area contributed by atoms with Gasteiger partial charge in [0.05, 0.1) is 25.9 Å². The third-order valence-corrected chi connectivity index (χ3v) is 5.93. The molecule has 2 aliphatic heterocycles. The minimum absolute atomic E-state index is 0.0127. The van der Waals surface area contributed by atoms with Gasteiger partial charge in [0.15, 0.2) is 0 Å². The Bertz CT molecular complexity index is 674. The smallest absolute Gasteiger partial charge is 0.466 e. The second-order valence-electron chi connectivity index (χ2n) is 9.04. The Morgan fingerprint density at radius 3 is 1.74 bits per heavy atom. The molecular formula is C26H44O12. The van der Waals surface area contributed by atoms with Gasteiger partial charge in [0.25, 0.3) is 0 Å². The van der Waals surface area contributed by atoms with Crippen LogP contribution in [0.4, 0.5) is 9.59 Å². The van der Waals surface area contributed by atoms with E-state index in [1.54, 1.807) is 14.2 Å². The van der Waals surface area contributed by atoms with Crippen LogP contribution in [0.3, 0.4) is 0 Å². The van der Waals surface area contributed by atoms with Gasteiger partial charge in [-0.15, -0.1) is 0 Å². The van der Waals surface area contributed by atoms with Gasteiger partial charge >= 0.3 is 24.2 Å². The van der Waals surface area contributed by atoms with Gasteiger partial charge in [-0.05, 0) is 44.9 Å². The maximum atomic E-state index is 10.7. The van der Waals surface area contributed by atoms with Gasteiger partial charge in [-0.3, -0.25) is 9.59 Å². The van der Waals surface area contributed by atoms with Gasteiger partial charge in [-0.1, -0.05) is 6.42 Å². The molecule has 2 saturated heterocycles. The van der Waals surface area contributed by atoms with E-state index < -0.39 is 12.3 Å². The second kappa shape index (κ2) is 20.4. The Morgan fingerprint density at radius 2 is 1.29 bits per heavy atom. The molecule has 0 aromatic rings. The summed E-state index contributed by atoms with van der Waals surface area (Å²) in [4.78, 5) is 41.4. The van der Waals surface area contributed by atoms with Crippen LogP contribution in [0.25, 0.3) is 0 Å². The van der Waals surface area contributed by atoms with E-state index in [0.29, 0.717) is 26.4 Å². The maximum absolute atomic E-state index is 10.7. The molecule has 4 aliphatic rings. The van der Waals surface area contributed by atoms with Crippen LogP contribution in [0, 0.1) is 0 Å². The van der Waals surface area contributed by atoms with Crippen molar-refractivity contribution >= 4 is 24.2 Å². The van der Waals surface area contributed by atoms with Crippen molar-refractivity contribution in [2.45, 2.75) is 102 Å². The summed E-state index contributed by atoms with van der Waals surface area (Å²) < 4.78 is 38.4. The summed E-state index contributed by atoms with van der Waals surface area (Å²) in [5.74, 6) is -0.435. The van der Waals surface area contributed by atoms with E-state index in [1.165, 1.54) is 20.3 Å². The van der Waals surface area contributed by atoms with Crippen LogP contribution in [0.5, 0.6) is 0 Å². The standard InChI is InChI=1S/C9H16O3.C7H10O3.C6H12O3.C4H6O3/c1-7(10)12-9-6-4-3-5-8(9)11-2;8-7-9-5-3-1-2-4-6(5)10-7;1-6(7)9-5-3-4-8-2;5-4-6-2-1-3-7-4/h8-9H,3-6H2,1-2H3;5-6H,1-4H2;3-5H2,1-2H3;1-3H2. The predicted octanol–water partition coefficient (Wildman–Crippen LogP) is 4.10. The Morgan fingerprint density at radius 1 is 0.737 bits per heavy atom. The molecule has 0 aromatic carbocycles. The number of hydrogen-bond donors (Lipinski definition) is 0. The Kier molecular flexibility index (Phi) is 17.9. The van der Waals surface area contributed by atoms with Crippen molar-refractivity contribution in [3.05, 3.63) is 0 Å². The zero-order valence-electron chi connectivity index (χ0n) is 23.1. The van der Waals surface area contributed by atoms with Crippen molar-refractivity contribution in [1.82, 2.24) is 0 Å². The third kappa shape index (κ3) is 15.6. The molecule has 220 valence electrons. The van der Waals surface area contributed by atoms with Crippen LogP contribution in [0.1, 0.15) is 78.1 Å². The number of carbonyl (C=O) groups is 4. The molecule has 0 aromatic heterocycles. The van der Waals surface area contributed by atoms with Gasteiger partial charge in [0, 0.05) is 47.5 Å². The summed E-state index contributed by atoms with van der Waals surface area (Å²) in [5.41, 5.74) is 0. The van der Waals surface area contributed by atoms with Crippen LogP contribution in [-0.2, 0) is 47.5 Å². The summed E-state index contributed by atoms with van der Waals surface area (Å²) in [6.45, 7) is 4.97. The van der Waals surface area contributed by atoms with Crippen LogP contribution in [0.15, 0.2) is 0 Å². The molecule has 2 heterocycles. The molecule has 12 heteroatoms. The van der Waals surface area contributed by atoms with Crippen LogP contribution < -0.4 is 0 Å². The topological polar surface area (TPSA) is 142 Å². The van der Waals surface area contributed by atoms with Gasteiger partial charge in [0.2, 0.25) is 0 Å². The fourth-order valence-corrected chi connectivity index (χ4v) is 4.12. The first-order valence-corrected chi connectivity index (χ1v) is 13.3. The molecule has 0 bridgehead atoms. The number of hydrogen-bond acceptors (Lipinski definition) is 12. The number of carbonyl (C=O) groups excluding carboxylic acids is 4. The predicted molar refractivity (Wildman–Crippen MR) is 133 cm³/mol. The summed E-state index contributed by atoms with van der Waals surface area (Å²) in [6.07, 6.45) is 9.39. The van der Waals surface area contributed by atoms with Gasteiger partial charge in [-0.25, -0.2) is 9.59 Å². The first-order chi connectivity index (χ1) is 18.3. The summed E-state index contributed by atoms with van der Waals surface area (Å²) in [5, 5.41) is 0. The largest absolute Gasteiger partial charge is 0.509 e. The zero-order chi connectivity index (χ0) is 28.2. The Balaban J connectivity index is 0.000000258. The Labute approximate surface area is 224 Å². The highest BCUT2D eigenvalue weighted by Gasteiger charge is 2.37. The minimum atomic E-state index is -0.536. The molecule has 2 saturated carbocycles. The van der Waals surface area contributed by atoms with Crippen molar-refractivity contribution in [2.75, 3.05) is 40.6 Å². The number of fused-ring (bicyclic) bond motifs is 1. The van der Waals surface area contributed by atoms with Crippen molar-refractivity contribution < 1.29 is 57.1 Å². The van der Waals surface area contributed by atoms with Gasteiger partial charge < -0.3 is 37.9 Å². The van der Waals surface area contributed by atoms with Crippen molar-refractivity contribution in [3.8, 4) is 0 Å². The van der Waals surface area contributed by atoms with Crippen molar-refractivity contribution in [2.24, 2.45) is 0 Å². The number of ether oxygens (including phenoxy) is 8. The second-order valence-corrected chi connectivity index (χ2v) is 9.04. The summed E-state index contributed by atoms with van der Waals surface area (Å²) in [7, 11) is 3.29. The number of esters is 2. The van der Waals surface area contributed by atoms with Crippen LogP contribution >= 0.6 is 0 Å². The highest BCUT2D eigenvalue weighted by molar-refractivity contribution is 5.66. The summed E-state index contributed by atoms with van der Waals surface area (Å²) in [6, 6.07) is 0. The SMILES string of the molecule is COC1CCCCC1OC(C)=O.COCCCOC(C)=O.O=C1OC2CCCCC2O1.O=C1OCCCO1. The highest BCUT2D eigenvalue weighted by atomic mass is 16.8. The number of methoxy groups -OCH3 is 2. The van der Waals surface area contributed by atoms with E-state index in [1.807, 2.05) is 0 Å². The quantitative estimate of drug-likeness (QED) is 0.268. The molecule has 4 unspecified atom stereocenters. The normalized spacial score (nSPS) is 25.4. The lowest BCUT2D eigenvalue weighted by Crippen LogP contribution is -2.35. The molecular weight excluding hydrogens is 504 g/mol. The molecule has 12 nitrogen and oxygen atoms in total. The van der Waals surface area contributed by atoms with Crippen LogP contribution in [-0.4, -0.2) is 89.3 Å². The Hall–Kier alpha value is -2.60. The molecule has 4 rings (SSSR count). The molecule has 2 aliphatic carbocycles. The minimum Gasteiger partial charge on any atom is -0.466 e.